The minimum atomic E-state index is 0. The van der Waals surface area contributed by atoms with Crippen LogP contribution < -0.4 is 18.9 Å². The Morgan fingerprint density at radius 1 is 0.640 bits per heavy atom. The van der Waals surface area contributed by atoms with Crippen molar-refractivity contribution in [2.24, 2.45) is 0 Å². The molecule has 0 unspecified atom stereocenters. The molecule has 0 radical (unpaired) electrons. The number of aromatic nitrogens is 1. The molecule has 0 amide bonds. The lowest BCUT2D eigenvalue weighted by Gasteiger charge is -2.11. The minimum absolute atomic E-state index is 0. The van der Waals surface area contributed by atoms with E-state index in [9.17, 15) is 0 Å². The van der Waals surface area contributed by atoms with E-state index in [2.05, 4.69) is 4.98 Å². The third kappa shape index (κ3) is 3.56. The number of fused-ring (bicyclic) bond motifs is 1. The first-order chi connectivity index (χ1) is 11.7. The molecule has 25 heavy (non-hydrogen) atoms. The normalized spacial score (nSPS) is 10.1. The van der Waals surface area contributed by atoms with Crippen LogP contribution in [0.25, 0.3) is 22.0 Å². The Bertz CT molecular complexity index is 883. The van der Waals surface area contributed by atoms with Crippen LogP contribution in [0.15, 0.2) is 42.6 Å². The van der Waals surface area contributed by atoms with E-state index in [1.54, 1.807) is 28.4 Å². The van der Waals surface area contributed by atoms with Crippen molar-refractivity contribution in [3.05, 3.63) is 42.6 Å². The number of pyridine rings is 1. The molecule has 0 fully saturated rings. The highest BCUT2D eigenvalue weighted by molar-refractivity contribution is 5.88. The highest BCUT2D eigenvalue weighted by atomic mass is 35.5. The second-order valence-corrected chi connectivity index (χ2v) is 5.19. The molecule has 0 N–H and O–H groups in total. The molecule has 0 saturated heterocycles. The summed E-state index contributed by atoms with van der Waals surface area (Å²) in [5.41, 5.74) is 1.79. The Balaban J connectivity index is 0.00000225. The number of nitrogens with zero attached hydrogens (tertiary/aromatic N) is 1. The van der Waals surface area contributed by atoms with Gasteiger partial charge in [-0.3, -0.25) is 4.98 Å². The summed E-state index contributed by atoms with van der Waals surface area (Å²) in [6.07, 6.45) is 1.82. The quantitative estimate of drug-likeness (QED) is 0.675. The van der Waals surface area contributed by atoms with E-state index in [0.29, 0.717) is 23.0 Å². The van der Waals surface area contributed by atoms with Crippen molar-refractivity contribution in [2.75, 3.05) is 28.4 Å². The summed E-state index contributed by atoms with van der Waals surface area (Å²) in [4.78, 5) is 4.55. The number of hydrogen-bond acceptors (Lipinski definition) is 5. The average Bonchev–Trinajstić information content (AvgIpc) is 2.65. The molecule has 0 atom stereocenters. The van der Waals surface area contributed by atoms with E-state index < -0.39 is 0 Å². The largest absolute Gasteiger partial charge is 0.493 e. The van der Waals surface area contributed by atoms with E-state index in [-0.39, 0.29) is 12.4 Å². The molecule has 3 aromatic rings. The van der Waals surface area contributed by atoms with Crippen molar-refractivity contribution in [3.8, 4) is 34.3 Å². The summed E-state index contributed by atoms with van der Waals surface area (Å²) in [5.74, 6) is 2.73. The summed E-state index contributed by atoms with van der Waals surface area (Å²) < 4.78 is 21.3. The number of halogens is 1. The van der Waals surface area contributed by atoms with E-state index in [1.165, 1.54) is 0 Å². The van der Waals surface area contributed by atoms with E-state index in [0.717, 1.165) is 22.0 Å². The molecule has 3 rings (SSSR count). The number of hydrogen-bond donors (Lipinski definition) is 0. The SMILES string of the molecule is COc1ccc(-c2cc3cc(OC)c(OC)cc3cn2)cc1OC.Cl. The third-order valence-electron chi connectivity index (χ3n) is 3.90. The molecule has 6 heteroatoms. The smallest absolute Gasteiger partial charge is 0.161 e. The minimum Gasteiger partial charge on any atom is -0.493 e. The molecule has 0 aliphatic rings. The Morgan fingerprint density at radius 2 is 1.20 bits per heavy atom. The molecule has 1 heterocycles. The number of benzene rings is 2. The van der Waals surface area contributed by atoms with Crippen molar-refractivity contribution >= 4 is 23.2 Å². The second kappa shape index (κ2) is 7.94. The molecular weight excluding hydrogens is 342 g/mol. The standard InChI is InChI=1S/C19H19NO4.ClH/c1-21-16-6-5-12(8-17(16)22-2)15-7-13-9-18(23-3)19(24-4)10-14(13)11-20-15;/h5-11H,1-4H3;1H. The van der Waals surface area contributed by atoms with Gasteiger partial charge in [-0.1, -0.05) is 0 Å². The van der Waals surface area contributed by atoms with Crippen molar-refractivity contribution < 1.29 is 18.9 Å². The lowest BCUT2D eigenvalue weighted by molar-refractivity contribution is 0.355. The van der Waals surface area contributed by atoms with Crippen LogP contribution >= 0.6 is 12.4 Å². The summed E-state index contributed by atoms with van der Waals surface area (Å²) in [5, 5.41) is 2.00. The van der Waals surface area contributed by atoms with Crippen molar-refractivity contribution in [3.63, 3.8) is 0 Å². The van der Waals surface area contributed by atoms with Gasteiger partial charge in [-0.25, -0.2) is 0 Å². The number of ether oxygens (including phenoxy) is 4. The van der Waals surface area contributed by atoms with Gasteiger partial charge in [0.05, 0.1) is 34.1 Å². The fourth-order valence-electron chi connectivity index (χ4n) is 2.62. The Hall–Kier alpha value is -2.66. The van der Waals surface area contributed by atoms with Crippen molar-refractivity contribution in [1.29, 1.82) is 0 Å². The van der Waals surface area contributed by atoms with Gasteiger partial charge in [-0.2, -0.15) is 0 Å². The van der Waals surface area contributed by atoms with Gasteiger partial charge in [0.25, 0.3) is 0 Å². The number of rotatable bonds is 5. The fraction of sp³-hybridized carbons (Fsp3) is 0.211. The van der Waals surface area contributed by atoms with Gasteiger partial charge in [0, 0.05) is 17.1 Å². The fourth-order valence-corrected chi connectivity index (χ4v) is 2.62. The average molecular weight is 362 g/mol. The predicted molar refractivity (Wildman–Crippen MR) is 101 cm³/mol. The van der Waals surface area contributed by atoms with Crippen LogP contribution in [0.2, 0.25) is 0 Å². The highest BCUT2D eigenvalue weighted by Gasteiger charge is 2.10. The summed E-state index contributed by atoms with van der Waals surface area (Å²) >= 11 is 0. The molecule has 2 aromatic carbocycles. The molecule has 0 spiro atoms. The first-order valence-corrected chi connectivity index (χ1v) is 7.44. The molecule has 0 bridgehead atoms. The van der Waals surface area contributed by atoms with Gasteiger partial charge in [0.1, 0.15) is 0 Å². The summed E-state index contributed by atoms with van der Waals surface area (Å²) in [7, 11) is 6.48. The molecule has 0 aliphatic heterocycles. The van der Waals surface area contributed by atoms with Gasteiger partial charge in [0.15, 0.2) is 23.0 Å². The first-order valence-electron chi connectivity index (χ1n) is 7.44. The van der Waals surface area contributed by atoms with Crippen molar-refractivity contribution in [1.82, 2.24) is 4.98 Å². The maximum absolute atomic E-state index is 5.37. The zero-order valence-corrected chi connectivity index (χ0v) is 15.3. The lowest BCUT2D eigenvalue weighted by Crippen LogP contribution is -1.93. The van der Waals surface area contributed by atoms with Crippen LogP contribution in [0.3, 0.4) is 0 Å². The van der Waals surface area contributed by atoms with Gasteiger partial charge < -0.3 is 18.9 Å². The van der Waals surface area contributed by atoms with E-state index >= 15 is 0 Å². The van der Waals surface area contributed by atoms with E-state index in [4.69, 9.17) is 18.9 Å². The van der Waals surface area contributed by atoms with E-state index in [1.807, 2.05) is 42.6 Å². The van der Waals surface area contributed by atoms with Crippen LogP contribution in [0.4, 0.5) is 0 Å². The van der Waals surface area contributed by atoms with Gasteiger partial charge in [0.2, 0.25) is 0 Å². The Labute approximate surface area is 152 Å². The monoisotopic (exact) mass is 361 g/mol. The Morgan fingerprint density at radius 3 is 1.80 bits per heavy atom. The lowest BCUT2D eigenvalue weighted by atomic mass is 10.1. The number of methoxy groups -OCH3 is 4. The van der Waals surface area contributed by atoms with Crippen LogP contribution in [0, 0.1) is 0 Å². The third-order valence-corrected chi connectivity index (χ3v) is 3.90. The van der Waals surface area contributed by atoms with Crippen molar-refractivity contribution in [2.45, 2.75) is 0 Å². The molecule has 0 aliphatic carbocycles. The maximum atomic E-state index is 5.37. The molecule has 132 valence electrons. The van der Waals surface area contributed by atoms with Gasteiger partial charge in [-0.15, -0.1) is 12.4 Å². The zero-order chi connectivity index (χ0) is 17.1. The van der Waals surface area contributed by atoms with Crippen LogP contribution in [-0.4, -0.2) is 33.4 Å². The summed E-state index contributed by atoms with van der Waals surface area (Å²) in [6, 6.07) is 11.6. The molecule has 1 aromatic heterocycles. The molecular formula is C19H20ClNO4. The van der Waals surface area contributed by atoms with Crippen LogP contribution in [0.1, 0.15) is 0 Å². The van der Waals surface area contributed by atoms with Gasteiger partial charge in [-0.05, 0) is 41.8 Å². The van der Waals surface area contributed by atoms with Crippen LogP contribution in [0.5, 0.6) is 23.0 Å². The van der Waals surface area contributed by atoms with Crippen LogP contribution in [-0.2, 0) is 0 Å². The summed E-state index contributed by atoms with van der Waals surface area (Å²) in [6.45, 7) is 0. The topological polar surface area (TPSA) is 49.8 Å². The second-order valence-electron chi connectivity index (χ2n) is 5.19. The maximum Gasteiger partial charge on any atom is 0.161 e. The zero-order valence-electron chi connectivity index (χ0n) is 14.5. The van der Waals surface area contributed by atoms with Gasteiger partial charge >= 0.3 is 0 Å². The Kier molecular flexibility index (Phi) is 5.93. The highest BCUT2D eigenvalue weighted by Crippen LogP contribution is 2.35. The molecule has 5 nitrogen and oxygen atoms in total. The first kappa shape index (κ1) is 18.7. The predicted octanol–water partition coefficient (Wildman–Crippen LogP) is 4.36. The molecule has 0 saturated carbocycles.